The monoisotopic (exact) mass is 433 g/mol. The summed E-state index contributed by atoms with van der Waals surface area (Å²) in [6, 6.07) is 16.7. The number of sulfonamides is 1. The zero-order valence-electron chi connectivity index (χ0n) is 15.3. The van der Waals surface area contributed by atoms with E-state index in [2.05, 4.69) is 4.72 Å². The Labute approximate surface area is 172 Å². The molecule has 0 aliphatic carbocycles. The molecule has 152 valence electrons. The number of aliphatic carboxylic acids is 1. The lowest BCUT2D eigenvalue weighted by Gasteiger charge is -2.12. The van der Waals surface area contributed by atoms with Crippen molar-refractivity contribution in [3.05, 3.63) is 71.6 Å². The van der Waals surface area contributed by atoms with Crippen molar-refractivity contribution >= 4 is 33.0 Å². The third kappa shape index (κ3) is 5.97. The van der Waals surface area contributed by atoms with Crippen LogP contribution in [-0.2, 0) is 21.2 Å². The van der Waals surface area contributed by atoms with E-state index in [9.17, 15) is 13.2 Å². The van der Waals surface area contributed by atoms with Gasteiger partial charge in [0.2, 0.25) is 0 Å². The van der Waals surface area contributed by atoms with Gasteiger partial charge in [-0.2, -0.15) is 0 Å². The molecule has 29 heavy (non-hydrogen) atoms. The van der Waals surface area contributed by atoms with Crippen molar-refractivity contribution < 1.29 is 27.8 Å². The number of ether oxygens (including phenoxy) is 2. The Kier molecular flexibility index (Phi) is 6.73. The van der Waals surface area contributed by atoms with Crippen molar-refractivity contribution in [2.75, 3.05) is 17.9 Å². The fourth-order valence-electron chi connectivity index (χ4n) is 2.51. The Morgan fingerprint density at radius 2 is 1.69 bits per heavy atom. The number of nitrogens with one attached hydrogen (secondary N) is 1. The van der Waals surface area contributed by atoms with Crippen LogP contribution in [0.1, 0.15) is 5.56 Å². The molecule has 0 amide bonds. The first-order valence-corrected chi connectivity index (χ1v) is 11.0. The first-order valence-electron chi connectivity index (χ1n) is 8.66. The van der Waals surface area contributed by atoms with Gasteiger partial charge in [0.1, 0.15) is 28.9 Å². The van der Waals surface area contributed by atoms with E-state index in [1.807, 2.05) is 0 Å². The molecule has 1 aromatic heterocycles. The first kappa shape index (κ1) is 20.7. The van der Waals surface area contributed by atoms with Gasteiger partial charge in [-0.05, 0) is 41.8 Å². The number of hydrogen-bond donors (Lipinski definition) is 2. The zero-order chi connectivity index (χ0) is 20.7. The summed E-state index contributed by atoms with van der Waals surface area (Å²) in [5.41, 5.74) is 1.03. The molecule has 0 unspecified atom stereocenters. The minimum Gasteiger partial charge on any atom is -0.490 e. The summed E-state index contributed by atoms with van der Waals surface area (Å²) in [6.07, 6.45) is -0.111. The topological polar surface area (TPSA) is 102 Å². The second-order valence-corrected chi connectivity index (χ2v) is 8.79. The predicted molar refractivity (Wildman–Crippen MR) is 110 cm³/mol. The van der Waals surface area contributed by atoms with Gasteiger partial charge in [0.15, 0.2) is 0 Å². The van der Waals surface area contributed by atoms with Crippen LogP contribution in [0.15, 0.2) is 70.3 Å². The Morgan fingerprint density at radius 3 is 2.38 bits per heavy atom. The summed E-state index contributed by atoms with van der Waals surface area (Å²) in [7, 11) is -3.58. The Morgan fingerprint density at radius 1 is 0.966 bits per heavy atom. The maximum absolute atomic E-state index is 12.2. The number of carboxylic acids is 1. The van der Waals surface area contributed by atoms with E-state index in [1.165, 1.54) is 0 Å². The molecular weight excluding hydrogens is 414 g/mol. The highest BCUT2D eigenvalue weighted by Crippen LogP contribution is 2.22. The second kappa shape index (κ2) is 9.44. The third-order valence-electron chi connectivity index (χ3n) is 3.79. The van der Waals surface area contributed by atoms with Gasteiger partial charge >= 0.3 is 5.97 Å². The molecule has 0 bridgehead atoms. The van der Waals surface area contributed by atoms with Gasteiger partial charge < -0.3 is 14.6 Å². The molecule has 0 fully saturated rings. The van der Waals surface area contributed by atoms with Gasteiger partial charge in [-0.3, -0.25) is 9.52 Å². The zero-order valence-corrected chi connectivity index (χ0v) is 16.9. The number of para-hydroxylation sites is 1. The lowest BCUT2D eigenvalue weighted by Crippen LogP contribution is -2.12. The van der Waals surface area contributed by atoms with Crippen LogP contribution in [0, 0.1) is 0 Å². The molecule has 0 aliphatic heterocycles. The smallest absolute Gasteiger partial charge is 0.307 e. The molecule has 3 rings (SSSR count). The first-order chi connectivity index (χ1) is 13.9. The summed E-state index contributed by atoms with van der Waals surface area (Å²) < 4.78 is 38.4. The van der Waals surface area contributed by atoms with Crippen LogP contribution >= 0.6 is 11.3 Å². The van der Waals surface area contributed by atoms with Crippen LogP contribution in [-0.4, -0.2) is 32.7 Å². The fourth-order valence-corrected chi connectivity index (χ4v) is 4.56. The molecular formula is C20H19NO6S2. The van der Waals surface area contributed by atoms with Crippen LogP contribution in [0.2, 0.25) is 0 Å². The maximum atomic E-state index is 12.2. The molecule has 9 heteroatoms. The van der Waals surface area contributed by atoms with Crippen molar-refractivity contribution in [3.63, 3.8) is 0 Å². The highest BCUT2D eigenvalue weighted by atomic mass is 32.2. The van der Waals surface area contributed by atoms with Crippen LogP contribution in [0.25, 0.3) is 0 Å². The van der Waals surface area contributed by atoms with Gasteiger partial charge in [-0.25, -0.2) is 8.42 Å². The van der Waals surface area contributed by atoms with Crippen LogP contribution < -0.4 is 14.2 Å². The van der Waals surface area contributed by atoms with Crippen molar-refractivity contribution in [2.45, 2.75) is 10.6 Å². The Hall–Kier alpha value is -3.04. The van der Waals surface area contributed by atoms with Gasteiger partial charge in [0.25, 0.3) is 10.0 Å². The average Bonchev–Trinajstić information content (AvgIpc) is 3.23. The number of thiophene rings is 1. The molecule has 0 aliphatic rings. The highest BCUT2D eigenvalue weighted by molar-refractivity contribution is 7.94. The summed E-state index contributed by atoms with van der Waals surface area (Å²) in [5, 5.41) is 10.6. The van der Waals surface area contributed by atoms with E-state index in [-0.39, 0.29) is 23.8 Å². The van der Waals surface area contributed by atoms with Gasteiger partial charge in [-0.15, -0.1) is 11.3 Å². The minimum absolute atomic E-state index is 0.111. The standard InChI is InChI=1S/C20H19NO6S2/c22-19(23)14-15-4-1-2-5-18(15)27-12-11-26-17-9-7-16(8-10-17)21-29(24,25)20-6-3-13-28-20/h1-10,13,21H,11-12,14H2,(H,22,23). The summed E-state index contributed by atoms with van der Waals surface area (Å²) in [4.78, 5) is 10.9. The van der Waals surface area contributed by atoms with Crippen molar-refractivity contribution in [3.8, 4) is 11.5 Å². The van der Waals surface area contributed by atoms with E-state index >= 15 is 0 Å². The second-order valence-electron chi connectivity index (χ2n) is 5.94. The lowest BCUT2D eigenvalue weighted by molar-refractivity contribution is -0.136. The molecule has 7 nitrogen and oxygen atoms in total. The molecule has 2 aromatic carbocycles. The maximum Gasteiger partial charge on any atom is 0.307 e. The molecule has 2 N–H and O–H groups in total. The Balaban J connectivity index is 1.49. The molecule has 0 spiro atoms. The summed E-state index contributed by atoms with van der Waals surface area (Å²) >= 11 is 1.15. The predicted octanol–water partition coefficient (Wildman–Crippen LogP) is 3.63. The quantitative estimate of drug-likeness (QED) is 0.474. The Bertz CT molecular complexity index is 1050. The van der Waals surface area contributed by atoms with Crippen LogP contribution in [0.4, 0.5) is 5.69 Å². The van der Waals surface area contributed by atoms with Gasteiger partial charge in [0, 0.05) is 11.3 Å². The minimum atomic E-state index is -3.58. The van der Waals surface area contributed by atoms with E-state index in [4.69, 9.17) is 14.6 Å². The van der Waals surface area contributed by atoms with E-state index < -0.39 is 16.0 Å². The number of benzene rings is 2. The number of anilines is 1. The SMILES string of the molecule is O=C(O)Cc1ccccc1OCCOc1ccc(NS(=O)(=O)c2cccs2)cc1. The molecule has 0 atom stereocenters. The van der Waals surface area contributed by atoms with E-state index in [1.54, 1.807) is 66.0 Å². The van der Waals surface area contributed by atoms with Gasteiger partial charge in [-0.1, -0.05) is 24.3 Å². The third-order valence-corrected chi connectivity index (χ3v) is 6.57. The molecule has 0 saturated carbocycles. The van der Waals surface area contributed by atoms with Crippen molar-refractivity contribution in [2.24, 2.45) is 0 Å². The molecule has 1 heterocycles. The van der Waals surface area contributed by atoms with Crippen molar-refractivity contribution in [1.29, 1.82) is 0 Å². The fraction of sp³-hybridized carbons (Fsp3) is 0.150. The van der Waals surface area contributed by atoms with Crippen LogP contribution in [0.5, 0.6) is 11.5 Å². The number of carboxylic acid groups (broad SMARTS) is 1. The number of carbonyl (C=O) groups is 1. The summed E-state index contributed by atoms with van der Waals surface area (Å²) in [5.74, 6) is 0.149. The number of rotatable bonds is 10. The van der Waals surface area contributed by atoms with E-state index in [0.717, 1.165) is 11.3 Å². The molecule has 3 aromatic rings. The summed E-state index contributed by atoms with van der Waals surface area (Å²) in [6.45, 7) is 0.491. The largest absolute Gasteiger partial charge is 0.490 e. The highest BCUT2D eigenvalue weighted by Gasteiger charge is 2.15. The van der Waals surface area contributed by atoms with Crippen LogP contribution in [0.3, 0.4) is 0 Å². The van der Waals surface area contributed by atoms with Gasteiger partial charge in [0.05, 0.1) is 6.42 Å². The normalized spacial score (nSPS) is 11.0. The molecule has 0 saturated heterocycles. The van der Waals surface area contributed by atoms with Crippen molar-refractivity contribution in [1.82, 2.24) is 0 Å². The average molecular weight is 434 g/mol. The lowest BCUT2D eigenvalue weighted by atomic mass is 10.1. The molecule has 0 radical (unpaired) electrons. The van der Waals surface area contributed by atoms with E-state index in [0.29, 0.717) is 22.7 Å². The number of hydrogen-bond acceptors (Lipinski definition) is 6.